The van der Waals surface area contributed by atoms with Crippen LogP contribution in [0.15, 0.2) is 23.1 Å². The molecule has 0 aliphatic carbocycles. The maximum absolute atomic E-state index is 12.4. The lowest BCUT2D eigenvalue weighted by molar-refractivity contribution is 0.0223. The van der Waals surface area contributed by atoms with E-state index in [-0.39, 0.29) is 16.5 Å². The number of anilines is 1. The molecule has 0 spiro atoms. The molecule has 0 amide bonds. The fourth-order valence-electron chi connectivity index (χ4n) is 2.13. The van der Waals surface area contributed by atoms with Crippen LogP contribution in [0, 0.1) is 0 Å². The highest BCUT2D eigenvalue weighted by Crippen LogP contribution is 2.27. The summed E-state index contributed by atoms with van der Waals surface area (Å²) < 4.78 is 32.6. The van der Waals surface area contributed by atoms with Crippen molar-refractivity contribution in [3.63, 3.8) is 0 Å². The number of aliphatic hydroxyl groups excluding tert-OH is 1. The summed E-state index contributed by atoms with van der Waals surface area (Å²) in [6.45, 7) is 0.513. The number of benzene rings is 1. The number of aliphatic hydroxyl groups is 1. The van der Waals surface area contributed by atoms with E-state index in [0.29, 0.717) is 31.7 Å². The van der Waals surface area contributed by atoms with Gasteiger partial charge >= 0.3 is 0 Å². The van der Waals surface area contributed by atoms with Gasteiger partial charge in [-0.1, -0.05) is 11.6 Å². The van der Waals surface area contributed by atoms with Gasteiger partial charge in [0.25, 0.3) is 0 Å². The van der Waals surface area contributed by atoms with Gasteiger partial charge < -0.3 is 15.6 Å². The number of halogens is 1. The fraction of sp³-hybridized carbons (Fsp3) is 0.500. The van der Waals surface area contributed by atoms with Crippen molar-refractivity contribution in [2.75, 3.05) is 25.6 Å². The Bertz CT molecular complexity index is 585. The minimum absolute atomic E-state index is 0.0484. The molecule has 1 aliphatic rings. The highest BCUT2D eigenvalue weighted by atomic mass is 35.5. The zero-order chi connectivity index (χ0) is 14.8. The molecule has 0 unspecified atom stereocenters. The van der Waals surface area contributed by atoms with E-state index in [4.69, 9.17) is 22.1 Å². The highest BCUT2D eigenvalue weighted by Gasteiger charge is 2.37. The summed E-state index contributed by atoms with van der Waals surface area (Å²) in [6, 6.07) is 4.20. The van der Waals surface area contributed by atoms with Crippen LogP contribution in [0.3, 0.4) is 0 Å². The third kappa shape index (κ3) is 3.24. The molecule has 0 aromatic heterocycles. The van der Waals surface area contributed by atoms with Gasteiger partial charge in [-0.3, -0.25) is 0 Å². The number of hydrogen-bond donors (Lipinski definition) is 3. The van der Waals surface area contributed by atoms with E-state index < -0.39 is 15.6 Å². The molecule has 8 heteroatoms. The third-order valence-electron chi connectivity index (χ3n) is 3.35. The SMILES string of the molecule is Nc1ccc(S(=O)(=O)NC2(CO)CCOCC2)c(Cl)c1. The molecule has 112 valence electrons. The number of ether oxygens (including phenoxy) is 1. The molecule has 1 aromatic carbocycles. The molecule has 0 radical (unpaired) electrons. The lowest BCUT2D eigenvalue weighted by Crippen LogP contribution is -2.54. The minimum atomic E-state index is -3.83. The van der Waals surface area contributed by atoms with Crippen molar-refractivity contribution in [1.29, 1.82) is 0 Å². The molecule has 0 atom stereocenters. The number of sulfonamides is 1. The van der Waals surface area contributed by atoms with Crippen LogP contribution in [0.2, 0.25) is 5.02 Å². The van der Waals surface area contributed by atoms with Crippen molar-refractivity contribution in [1.82, 2.24) is 4.72 Å². The second-order valence-corrected chi connectivity index (χ2v) is 6.90. The third-order valence-corrected chi connectivity index (χ3v) is 5.41. The minimum Gasteiger partial charge on any atom is -0.399 e. The standard InChI is InChI=1S/C12H17ClN2O4S/c13-10-7-9(14)1-2-11(10)20(17,18)15-12(8-16)3-5-19-6-4-12/h1-2,7,15-16H,3-6,8,14H2. The van der Waals surface area contributed by atoms with E-state index in [1.807, 2.05) is 0 Å². The zero-order valence-electron chi connectivity index (χ0n) is 10.8. The zero-order valence-corrected chi connectivity index (χ0v) is 12.4. The number of hydrogen-bond acceptors (Lipinski definition) is 5. The van der Waals surface area contributed by atoms with Crippen LogP contribution < -0.4 is 10.5 Å². The molecule has 1 aromatic rings. The molecular formula is C12H17ClN2O4S. The first kappa shape index (κ1) is 15.5. The first-order chi connectivity index (χ1) is 9.38. The lowest BCUT2D eigenvalue weighted by Gasteiger charge is -2.35. The van der Waals surface area contributed by atoms with Crippen molar-refractivity contribution in [3.8, 4) is 0 Å². The number of nitrogens with one attached hydrogen (secondary N) is 1. The maximum Gasteiger partial charge on any atom is 0.242 e. The molecular weight excluding hydrogens is 304 g/mol. The van der Waals surface area contributed by atoms with Gasteiger partial charge in [-0.25, -0.2) is 13.1 Å². The van der Waals surface area contributed by atoms with Gasteiger partial charge in [0.1, 0.15) is 4.90 Å². The monoisotopic (exact) mass is 320 g/mol. The van der Waals surface area contributed by atoms with E-state index in [2.05, 4.69) is 4.72 Å². The Morgan fingerprint density at radius 3 is 2.60 bits per heavy atom. The summed E-state index contributed by atoms with van der Waals surface area (Å²) >= 11 is 5.93. The van der Waals surface area contributed by atoms with Gasteiger partial charge in [0.2, 0.25) is 10.0 Å². The van der Waals surface area contributed by atoms with Gasteiger partial charge in [-0.15, -0.1) is 0 Å². The Hall–Kier alpha value is -0.860. The van der Waals surface area contributed by atoms with Gasteiger partial charge in [-0.2, -0.15) is 0 Å². The smallest absolute Gasteiger partial charge is 0.242 e. The summed E-state index contributed by atoms with van der Waals surface area (Å²) in [6.07, 6.45) is 0.824. The number of nitrogens with two attached hydrogens (primary N) is 1. The van der Waals surface area contributed by atoms with Gasteiger partial charge in [0.15, 0.2) is 0 Å². The Morgan fingerprint density at radius 1 is 1.40 bits per heavy atom. The Kier molecular flexibility index (Phi) is 4.55. The molecule has 1 heterocycles. The van der Waals surface area contributed by atoms with Crippen molar-refractivity contribution < 1.29 is 18.3 Å². The molecule has 2 rings (SSSR count). The van der Waals surface area contributed by atoms with Crippen molar-refractivity contribution in [3.05, 3.63) is 23.2 Å². The average molecular weight is 321 g/mol. The van der Waals surface area contributed by atoms with E-state index >= 15 is 0 Å². The highest BCUT2D eigenvalue weighted by molar-refractivity contribution is 7.89. The van der Waals surface area contributed by atoms with Crippen molar-refractivity contribution in [2.45, 2.75) is 23.3 Å². The van der Waals surface area contributed by atoms with E-state index in [1.165, 1.54) is 18.2 Å². The first-order valence-corrected chi connectivity index (χ1v) is 8.02. The second kappa shape index (κ2) is 5.87. The van der Waals surface area contributed by atoms with E-state index in [9.17, 15) is 13.5 Å². The normalized spacial score (nSPS) is 18.9. The molecule has 0 bridgehead atoms. The van der Waals surface area contributed by atoms with Crippen LogP contribution in [0.1, 0.15) is 12.8 Å². The van der Waals surface area contributed by atoms with Gasteiger partial charge in [0.05, 0.1) is 17.2 Å². The predicted octanol–water partition coefficient (Wildman–Crippen LogP) is 0.742. The summed E-state index contributed by atoms with van der Waals surface area (Å²) in [4.78, 5) is -0.0484. The predicted molar refractivity (Wildman–Crippen MR) is 76.1 cm³/mol. The lowest BCUT2D eigenvalue weighted by atomic mass is 9.93. The Balaban J connectivity index is 2.30. The molecule has 0 saturated carbocycles. The van der Waals surface area contributed by atoms with Crippen LogP contribution in [0.5, 0.6) is 0 Å². The topological polar surface area (TPSA) is 102 Å². The van der Waals surface area contributed by atoms with E-state index in [0.717, 1.165) is 0 Å². The van der Waals surface area contributed by atoms with Crippen molar-refractivity contribution in [2.24, 2.45) is 0 Å². The van der Waals surface area contributed by atoms with Gasteiger partial charge in [-0.05, 0) is 31.0 Å². The largest absolute Gasteiger partial charge is 0.399 e. The van der Waals surface area contributed by atoms with Crippen LogP contribution in [0.4, 0.5) is 5.69 Å². The molecule has 20 heavy (non-hydrogen) atoms. The quantitative estimate of drug-likeness (QED) is 0.710. The Labute approximate surface area is 122 Å². The number of nitrogen functional groups attached to an aromatic ring is 1. The molecule has 1 saturated heterocycles. The summed E-state index contributed by atoms with van der Waals surface area (Å²) in [5.74, 6) is 0. The first-order valence-electron chi connectivity index (χ1n) is 6.16. The molecule has 1 fully saturated rings. The summed E-state index contributed by atoms with van der Waals surface area (Å²) in [5, 5.41) is 9.58. The van der Waals surface area contributed by atoms with Crippen LogP contribution >= 0.6 is 11.6 Å². The number of rotatable bonds is 4. The molecule has 6 nitrogen and oxygen atoms in total. The fourth-order valence-corrected chi connectivity index (χ4v) is 4.13. The van der Waals surface area contributed by atoms with Gasteiger partial charge in [0, 0.05) is 18.9 Å². The summed E-state index contributed by atoms with van der Waals surface area (Å²) in [7, 11) is -3.83. The Morgan fingerprint density at radius 2 is 2.05 bits per heavy atom. The average Bonchev–Trinajstić information content (AvgIpc) is 2.38. The van der Waals surface area contributed by atoms with Crippen LogP contribution in [-0.4, -0.2) is 38.9 Å². The molecule has 4 N–H and O–H groups in total. The van der Waals surface area contributed by atoms with Crippen LogP contribution in [-0.2, 0) is 14.8 Å². The van der Waals surface area contributed by atoms with E-state index in [1.54, 1.807) is 0 Å². The maximum atomic E-state index is 12.4. The van der Waals surface area contributed by atoms with Crippen molar-refractivity contribution >= 4 is 27.3 Å². The molecule has 1 aliphatic heterocycles. The second-order valence-electron chi connectivity index (χ2n) is 4.85. The summed E-state index contributed by atoms with van der Waals surface area (Å²) in [5.41, 5.74) is 5.04. The van der Waals surface area contributed by atoms with Crippen LogP contribution in [0.25, 0.3) is 0 Å².